The van der Waals surface area contributed by atoms with Gasteiger partial charge < -0.3 is 14.6 Å². The lowest BCUT2D eigenvalue weighted by atomic mass is 9.31. The van der Waals surface area contributed by atoms with Crippen molar-refractivity contribution in [3.63, 3.8) is 0 Å². The predicted molar refractivity (Wildman–Crippen MR) is 151 cm³/mol. The zero-order chi connectivity index (χ0) is 29.1. The van der Waals surface area contributed by atoms with Crippen LogP contribution in [0.3, 0.4) is 0 Å². The van der Waals surface area contributed by atoms with Gasteiger partial charge in [0.05, 0.1) is 18.3 Å². The van der Waals surface area contributed by atoms with E-state index in [2.05, 4.69) is 48.5 Å². The minimum Gasteiger partial charge on any atom is -0.481 e. The molecule has 0 unspecified atom stereocenters. The van der Waals surface area contributed by atoms with Gasteiger partial charge in [-0.05, 0) is 98.2 Å². The van der Waals surface area contributed by atoms with Crippen molar-refractivity contribution in [1.29, 1.82) is 0 Å². The molecule has 1 N–H and O–H groups in total. The molecule has 0 radical (unpaired) electrons. The lowest BCUT2D eigenvalue weighted by molar-refractivity contribution is -0.254. The van der Waals surface area contributed by atoms with Gasteiger partial charge in [-0.1, -0.05) is 48.5 Å². The number of rotatable bonds is 4. The maximum Gasteiger partial charge on any atom is 0.312 e. The lowest BCUT2D eigenvalue weighted by Gasteiger charge is -2.73. The first-order valence-electron chi connectivity index (χ1n) is 16.2. The van der Waals surface area contributed by atoms with Gasteiger partial charge in [0, 0.05) is 16.7 Å². The van der Waals surface area contributed by atoms with Gasteiger partial charge >= 0.3 is 17.9 Å². The predicted octanol–water partition coefficient (Wildman–Crippen LogP) is 7.18. The van der Waals surface area contributed by atoms with E-state index >= 15 is 0 Å². The van der Waals surface area contributed by atoms with Crippen LogP contribution in [0.15, 0.2) is 0 Å². The molecule has 1 saturated heterocycles. The highest BCUT2D eigenvalue weighted by atomic mass is 16.6. The standard InChI is InChI=1S/C34H52O6/c1-29(2)16-18-34-19-17-32(6)20(26(34)27(29)40-28(34)38)8-9-22-31(5)14-13-23(39-25(37)11-10-24(35)36)30(3,4)21(31)12-15-33(22,32)7/h20-23,26-27H,8-19H2,1-7H3,(H,35,36)/t20-,21-,22-,23-,26-,27-,31+,32-,33-,34-/m1/s1. The molecule has 6 heteroatoms. The summed E-state index contributed by atoms with van der Waals surface area (Å²) < 4.78 is 12.3. The molecule has 6 aliphatic rings. The van der Waals surface area contributed by atoms with Crippen molar-refractivity contribution in [2.75, 3.05) is 0 Å². The van der Waals surface area contributed by atoms with Gasteiger partial charge in [0.15, 0.2) is 0 Å². The van der Waals surface area contributed by atoms with E-state index < -0.39 is 5.97 Å². The zero-order valence-electron chi connectivity index (χ0n) is 25.9. The summed E-state index contributed by atoms with van der Waals surface area (Å²) in [7, 11) is 0. The Hall–Kier alpha value is -1.59. The molecular weight excluding hydrogens is 504 g/mol. The van der Waals surface area contributed by atoms with E-state index in [1.165, 1.54) is 19.3 Å². The fourth-order valence-corrected chi connectivity index (χ4v) is 12.4. The molecule has 40 heavy (non-hydrogen) atoms. The van der Waals surface area contributed by atoms with Crippen LogP contribution in [0, 0.1) is 56.2 Å². The van der Waals surface area contributed by atoms with E-state index in [0.29, 0.717) is 23.7 Å². The van der Waals surface area contributed by atoms with Crippen LogP contribution < -0.4 is 0 Å². The smallest absolute Gasteiger partial charge is 0.312 e. The molecule has 10 atom stereocenters. The summed E-state index contributed by atoms with van der Waals surface area (Å²) in [5.74, 6) is 0.697. The van der Waals surface area contributed by atoms with Gasteiger partial charge in [0.25, 0.3) is 0 Å². The average Bonchev–Trinajstić information content (AvgIpc) is 3.12. The van der Waals surface area contributed by atoms with E-state index in [4.69, 9.17) is 14.6 Å². The van der Waals surface area contributed by atoms with E-state index in [1.54, 1.807) is 0 Å². The van der Waals surface area contributed by atoms with Crippen molar-refractivity contribution in [1.82, 2.24) is 0 Å². The quantitative estimate of drug-likeness (QED) is 0.369. The van der Waals surface area contributed by atoms with Crippen molar-refractivity contribution in [2.45, 2.75) is 138 Å². The molecule has 6 nitrogen and oxygen atoms in total. The SMILES string of the molecule is CC1(C)CC[C@@]23CC[C@]4(C)[C@H](CC[C@@H]5[C@@]6(C)CC[C@@H](OC(=O)CCC(=O)O)C(C)(C)[C@H]6CC[C@]54C)[C@@H]2[C@H]1OC3=O. The summed E-state index contributed by atoms with van der Waals surface area (Å²) >= 11 is 0. The third-order valence-electron chi connectivity index (χ3n) is 14.8. The Morgan fingerprint density at radius 3 is 2.23 bits per heavy atom. The van der Waals surface area contributed by atoms with Gasteiger partial charge in [-0.25, -0.2) is 0 Å². The van der Waals surface area contributed by atoms with Crippen LogP contribution in [0.25, 0.3) is 0 Å². The molecule has 5 aliphatic carbocycles. The van der Waals surface area contributed by atoms with Crippen LogP contribution in [-0.2, 0) is 23.9 Å². The number of aliphatic carboxylic acids is 1. The fourth-order valence-electron chi connectivity index (χ4n) is 12.4. The minimum absolute atomic E-state index is 0.0459. The number of hydrogen-bond acceptors (Lipinski definition) is 5. The highest BCUT2D eigenvalue weighted by molar-refractivity contribution is 5.81. The third-order valence-corrected chi connectivity index (χ3v) is 14.8. The van der Waals surface area contributed by atoms with Crippen LogP contribution in [0.2, 0.25) is 0 Å². The van der Waals surface area contributed by atoms with Crippen LogP contribution in [0.1, 0.15) is 126 Å². The second-order valence-electron chi connectivity index (χ2n) is 16.9. The van der Waals surface area contributed by atoms with Crippen LogP contribution in [-0.4, -0.2) is 35.2 Å². The summed E-state index contributed by atoms with van der Waals surface area (Å²) in [5.41, 5.74) is 0.189. The summed E-state index contributed by atoms with van der Waals surface area (Å²) in [5, 5.41) is 9.00. The number of carbonyl (C=O) groups excluding carboxylic acids is 2. The normalized spacial score (nSPS) is 49.9. The Morgan fingerprint density at radius 2 is 1.52 bits per heavy atom. The second-order valence-corrected chi connectivity index (χ2v) is 16.9. The molecule has 6 fully saturated rings. The molecule has 2 bridgehead atoms. The molecule has 224 valence electrons. The fraction of sp³-hybridized carbons (Fsp3) is 0.912. The molecule has 0 spiro atoms. The lowest BCUT2D eigenvalue weighted by Crippen LogP contribution is -2.68. The van der Waals surface area contributed by atoms with Crippen molar-refractivity contribution >= 4 is 17.9 Å². The Morgan fingerprint density at radius 1 is 0.825 bits per heavy atom. The van der Waals surface area contributed by atoms with Crippen molar-refractivity contribution in [3.8, 4) is 0 Å². The highest BCUT2D eigenvalue weighted by Crippen LogP contribution is 2.78. The average molecular weight is 557 g/mol. The highest BCUT2D eigenvalue weighted by Gasteiger charge is 2.75. The Labute approximate surface area is 240 Å². The van der Waals surface area contributed by atoms with Crippen LogP contribution in [0.4, 0.5) is 0 Å². The molecule has 6 rings (SSSR count). The van der Waals surface area contributed by atoms with Crippen molar-refractivity contribution in [3.05, 3.63) is 0 Å². The number of carboxylic acid groups (broad SMARTS) is 1. The van der Waals surface area contributed by atoms with E-state index in [1.807, 2.05) is 0 Å². The van der Waals surface area contributed by atoms with Crippen molar-refractivity contribution in [2.24, 2.45) is 56.2 Å². The number of carbonyl (C=O) groups is 3. The van der Waals surface area contributed by atoms with Gasteiger partial charge in [0.1, 0.15) is 12.2 Å². The molecule has 0 aromatic heterocycles. The summed E-state index contributed by atoms with van der Waals surface area (Å²) in [6.07, 6.45) is 10.4. The summed E-state index contributed by atoms with van der Waals surface area (Å²) in [6.45, 7) is 16.9. The van der Waals surface area contributed by atoms with Crippen LogP contribution in [0.5, 0.6) is 0 Å². The first-order valence-corrected chi connectivity index (χ1v) is 16.2. The molecule has 1 aliphatic heterocycles. The number of hydrogen-bond donors (Lipinski definition) is 1. The molecule has 1 heterocycles. The molecule has 0 aromatic carbocycles. The number of carboxylic acids is 1. The molecule has 0 aromatic rings. The Kier molecular flexibility index (Phi) is 6.22. The first-order chi connectivity index (χ1) is 18.5. The Bertz CT molecular complexity index is 1110. The maximum atomic E-state index is 13.4. The Balaban J connectivity index is 1.28. The molecule has 0 amide bonds. The van der Waals surface area contributed by atoms with Gasteiger partial charge in [-0.3, -0.25) is 14.4 Å². The van der Waals surface area contributed by atoms with Crippen LogP contribution >= 0.6 is 0 Å². The van der Waals surface area contributed by atoms with E-state index in [9.17, 15) is 14.4 Å². The first kappa shape index (κ1) is 28.5. The zero-order valence-corrected chi connectivity index (χ0v) is 25.9. The monoisotopic (exact) mass is 556 g/mol. The maximum absolute atomic E-state index is 13.4. The van der Waals surface area contributed by atoms with Crippen molar-refractivity contribution < 1.29 is 29.0 Å². The summed E-state index contributed by atoms with van der Waals surface area (Å²) in [4.78, 5) is 37.0. The van der Waals surface area contributed by atoms with Gasteiger partial charge in [-0.2, -0.15) is 0 Å². The summed E-state index contributed by atoms with van der Waals surface area (Å²) in [6, 6.07) is 0. The number of ether oxygens (including phenoxy) is 2. The van der Waals surface area contributed by atoms with Gasteiger partial charge in [0.2, 0.25) is 0 Å². The number of fused-ring (bicyclic) bond motifs is 5. The molecule has 5 saturated carbocycles. The van der Waals surface area contributed by atoms with E-state index in [-0.39, 0.29) is 69.5 Å². The topological polar surface area (TPSA) is 89.9 Å². The number of esters is 2. The minimum atomic E-state index is -0.961. The van der Waals surface area contributed by atoms with Gasteiger partial charge in [-0.15, -0.1) is 0 Å². The molecular formula is C34H52O6. The van der Waals surface area contributed by atoms with E-state index in [0.717, 1.165) is 44.9 Å². The second kappa shape index (κ2) is 8.72. The largest absolute Gasteiger partial charge is 0.481 e. The third kappa shape index (κ3) is 3.55.